The van der Waals surface area contributed by atoms with Crippen molar-refractivity contribution in [3.8, 4) is 0 Å². The quantitative estimate of drug-likeness (QED) is 0.338. The van der Waals surface area contributed by atoms with E-state index >= 15 is 0 Å². The topological polar surface area (TPSA) is 30.8 Å². The molecular formula is C13H19NO2. The molecule has 1 aromatic carbocycles. The van der Waals surface area contributed by atoms with Gasteiger partial charge in [0.05, 0.1) is 13.2 Å². The summed E-state index contributed by atoms with van der Waals surface area (Å²) in [6.45, 7) is 6.44. The van der Waals surface area contributed by atoms with Crippen molar-refractivity contribution in [1.29, 1.82) is 0 Å². The highest BCUT2D eigenvalue weighted by Crippen LogP contribution is 2.35. The molecule has 0 N–H and O–H groups in total. The molecule has 0 spiro atoms. The number of aliphatic imine (C=N–C) groups is 1. The molecule has 0 fully saturated rings. The molecular weight excluding hydrogens is 202 g/mol. The second kappa shape index (κ2) is 5.66. The monoisotopic (exact) mass is 221 g/mol. The van der Waals surface area contributed by atoms with Gasteiger partial charge >= 0.3 is 0 Å². The molecule has 0 radical (unpaired) electrons. The fraction of sp³-hybridized carbons (Fsp3) is 0.462. The minimum atomic E-state index is 0.0367. The Bertz CT molecular complexity index is 328. The summed E-state index contributed by atoms with van der Waals surface area (Å²) in [6, 6.07) is 10.2. The van der Waals surface area contributed by atoms with Gasteiger partial charge in [0.25, 0.3) is 0 Å². The molecule has 0 bridgehead atoms. The van der Waals surface area contributed by atoms with Gasteiger partial charge < -0.3 is 4.89 Å². The zero-order valence-corrected chi connectivity index (χ0v) is 10.3. The Hall–Kier alpha value is -1.35. The van der Waals surface area contributed by atoms with Gasteiger partial charge in [0.1, 0.15) is 0 Å². The Morgan fingerprint density at radius 2 is 1.81 bits per heavy atom. The summed E-state index contributed by atoms with van der Waals surface area (Å²) in [5.41, 5.74) is 1.21. The lowest BCUT2D eigenvalue weighted by Crippen LogP contribution is -2.17. The molecule has 0 saturated carbocycles. The van der Waals surface area contributed by atoms with E-state index < -0.39 is 0 Å². The smallest absolute Gasteiger partial charge is 0.215 e. The van der Waals surface area contributed by atoms with E-state index in [1.165, 1.54) is 19.1 Å². The van der Waals surface area contributed by atoms with Crippen LogP contribution >= 0.6 is 0 Å². The van der Waals surface area contributed by atoms with E-state index in [4.69, 9.17) is 0 Å². The molecule has 0 aliphatic heterocycles. The highest BCUT2D eigenvalue weighted by Gasteiger charge is 2.25. The third-order valence-electron chi connectivity index (χ3n) is 2.28. The second-order valence-corrected chi connectivity index (χ2v) is 4.70. The van der Waals surface area contributed by atoms with Gasteiger partial charge in [0.15, 0.2) is 0 Å². The summed E-state index contributed by atoms with van der Waals surface area (Å²) >= 11 is 0. The van der Waals surface area contributed by atoms with Gasteiger partial charge in [-0.15, -0.1) is 0 Å². The second-order valence-electron chi connectivity index (χ2n) is 4.70. The van der Waals surface area contributed by atoms with Crippen molar-refractivity contribution in [1.82, 2.24) is 0 Å². The van der Waals surface area contributed by atoms with E-state index in [9.17, 15) is 0 Å². The molecule has 3 heteroatoms. The molecule has 1 atom stereocenters. The van der Waals surface area contributed by atoms with Crippen molar-refractivity contribution in [3.63, 3.8) is 0 Å². The molecule has 1 aromatic rings. The van der Waals surface area contributed by atoms with Gasteiger partial charge in [0, 0.05) is 0 Å². The normalized spacial score (nSPS) is 14.0. The minimum absolute atomic E-state index is 0.0367. The third kappa shape index (κ3) is 3.66. The van der Waals surface area contributed by atoms with E-state index in [1.807, 2.05) is 18.2 Å². The van der Waals surface area contributed by atoms with E-state index in [2.05, 4.69) is 47.7 Å². The van der Waals surface area contributed by atoms with Crippen LogP contribution in [0.1, 0.15) is 32.4 Å². The van der Waals surface area contributed by atoms with Crippen LogP contribution < -0.4 is 0 Å². The lowest BCUT2D eigenvalue weighted by atomic mass is 9.83. The average Bonchev–Trinajstić information content (AvgIpc) is 2.24. The summed E-state index contributed by atoms with van der Waals surface area (Å²) in [5, 5.41) is 0. The molecule has 0 saturated heterocycles. The highest BCUT2D eigenvalue weighted by atomic mass is 17.2. The highest BCUT2D eigenvalue weighted by molar-refractivity contribution is 5.46. The first-order valence-electron chi connectivity index (χ1n) is 5.32. The maximum absolute atomic E-state index is 4.69. The fourth-order valence-corrected chi connectivity index (χ4v) is 1.57. The van der Waals surface area contributed by atoms with Crippen LogP contribution in [-0.2, 0) is 9.78 Å². The predicted octanol–water partition coefficient (Wildman–Crippen LogP) is 3.38. The van der Waals surface area contributed by atoms with E-state index in [1.54, 1.807) is 0 Å². The molecule has 1 rings (SSSR count). The Morgan fingerprint density at radius 3 is 2.31 bits per heavy atom. The molecule has 0 aliphatic carbocycles. The lowest BCUT2D eigenvalue weighted by Gasteiger charge is -2.27. The Morgan fingerprint density at radius 1 is 1.19 bits per heavy atom. The summed E-state index contributed by atoms with van der Waals surface area (Å²) < 4.78 is 0. The largest absolute Gasteiger partial charge is 0.326 e. The summed E-state index contributed by atoms with van der Waals surface area (Å²) in [6.07, 6.45) is 1.35. The number of rotatable bonds is 4. The zero-order chi connectivity index (χ0) is 12.0. The van der Waals surface area contributed by atoms with E-state index in [0.29, 0.717) is 0 Å². The Kier molecular flexibility index (Phi) is 4.50. The molecule has 88 valence electrons. The molecule has 16 heavy (non-hydrogen) atoms. The third-order valence-corrected chi connectivity index (χ3v) is 2.28. The zero-order valence-electron chi connectivity index (χ0n) is 10.3. The number of hydrogen-bond donors (Lipinski definition) is 0. The van der Waals surface area contributed by atoms with Crippen LogP contribution in [0.5, 0.6) is 0 Å². The average molecular weight is 221 g/mol. The molecule has 3 nitrogen and oxygen atoms in total. The van der Waals surface area contributed by atoms with Crippen LogP contribution in [0.15, 0.2) is 35.3 Å². The maximum Gasteiger partial charge on any atom is 0.215 e. The standard InChI is InChI=1S/C13H19NO2/c1-13(2,3)12(14-10-16-15-4)11-8-6-5-7-9-11/h5-10,12H,1-4H3/b14-10+/t12-/m1/s1. The van der Waals surface area contributed by atoms with Crippen LogP contribution in [0.4, 0.5) is 0 Å². The summed E-state index contributed by atoms with van der Waals surface area (Å²) in [7, 11) is 1.46. The molecule has 0 aliphatic rings. The van der Waals surface area contributed by atoms with Crippen molar-refractivity contribution < 1.29 is 9.78 Å². The van der Waals surface area contributed by atoms with Crippen LogP contribution in [0.2, 0.25) is 0 Å². The molecule has 0 aromatic heterocycles. The van der Waals surface area contributed by atoms with E-state index in [0.717, 1.165) is 0 Å². The van der Waals surface area contributed by atoms with Crippen molar-refractivity contribution in [2.75, 3.05) is 7.11 Å². The first kappa shape index (κ1) is 12.7. The van der Waals surface area contributed by atoms with Crippen molar-refractivity contribution in [2.45, 2.75) is 26.8 Å². The van der Waals surface area contributed by atoms with Crippen LogP contribution in [-0.4, -0.2) is 13.5 Å². The molecule has 0 heterocycles. The molecule has 0 unspecified atom stereocenters. The SMILES string of the molecule is COO/C=N/[C@H](c1ccccc1)C(C)(C)C. The summed E-state index contributed by atoms with van der Waals surface area (Å²) in [5.74, 6) is 0. The number of benzene rings is 1. The minimum Gasteiger partial charge on any atom is -0.326 e. The van der Waals surface area contributed by atoms with Gasteiger partial charge in [-0.25, -0.2) is 4.99 Å². The number of hydrogen-bond acceptors (Lipinski definition) is 3. The Balaban J connectivity index is 2.89. The van der Waals surface area contributed by atoms with Gasteiger partial charge in [-0.1, -0.05) is 51.1 Å². The number of nitrogens with zero attached hydrogens (tertiary/aromatic N) is 1. The fourth-order valence-electron chi connectivity index (χ4n) is 1.57. The van der Waals surface area contributed by atoms with Crippen LogP contribution in [0.25, 0.3) is 0 Å². The molecule has 0 amide bonds. The maximum atomic E-state index is 4.69. The van der Waals surface area contributed by atoms with Gasteiger partial charge in [0.2, 0.25) is 6.40 Å². The van der Waals surface area contributed by atoms with Crippen LogP contribution in [0.3, 0.4) is 0 Å². The van der Waals surface area contributed by atoms with Gasteiger partial charge in [-0.2, -0.15) is 4.89 Å². The van der Waals surface area contributed by atoms with Crippen molar-refractivity contribution in [3.05, 3.63) is 35.9 Å². The van der Waals surface area contributed by atoms with Gasteiger partial charge in [-0.3, -0.25) is 0 Å². The van der Waals surface area contributed by atoms with E-state index in [-0.39, 0.29) is 11.5 Å². The van der Waals surface area contributed by atoms with Gasteiger partial charge in [-0.05, 0) is 11.0 Å². The first-order chi connectivity index (χ1) is 7.55. The Labute approximate surface area is 97.0 Å². The van der Waals surface area contributed by atoms with Crippen molar-refractivity contribution >= 4 is 6.40 Å². The lowest BCUT2D eigenvalue weighted by molar-refractivity contribution is -0.188. The summed E-state index contributed by atoms with van der Waals surface area (Å²) in [4.78, 5) is 13.6. The first-order valence-corrected chi connectivity index (χ1v) is 5.32. The van der Waals surface area contributed by atoms with Crippen LogP contribution in [0, 0.1) is 5.41 Å². The predicted molar refractivity (Wildman–Crippen MR) is 65.2 cm³/mol. The van der Waals surface area contributed by atoms with Crippen molar-refractivity contribution in [2.24, 2.45) is 10.4 Å².